The summed E-state index contributed by atoms with van der Waals surface area (Å²) >= 11 is 0.230. The fourth-order valence-corrected chi connectivity index (χ4v) is 2.35. The van der Waals surface area contributed by atoms with Crippen LogP contribution < -0.4 is 10.2 Å². The Morgan fingerprint density at radius 3 is 2.38 bits per heavy atom. The molecule has 6 heteroatoms. The van der Waals surface area contributed by atoms with Crippen molar-refractivity contribution >= 4 is 43.8 Å². The van der Waals surface area contributed by atoms with Crippen LogP contribution in [0.25, 0.3) is 10.8 Å². The van der Waals surface area contributed by atoms with Crippen molar-refractivity contribution in [2.24, 2.45) is 4.99 Å². The second kappa shape index (κ2) is 9.54. The first kappa shape index (κ1) is 20.2. The van der Waals surface area contributed by atoms with Gasteiger partial charge in [0.2, 0.25) is 0 Å². The normalized spacial score (nSPS) is 10.5. The van der Waals surface area contributed by atoms with E-state index in [-0.39, 0.29) is 50.5 Å². The number of aliphatic hydroxyl groups is 1. The van der Waals surface area contributed by atoms with Gasteiger partial charge in [0.25, 0.3) is 0 Å². The second-order valence-electron chi connectivity index (χ2n) is 5.70. The molecule has 0 amide bonds. The topological polar surface area (TPSA) is 91.6 Å². The van der Waals surface area contributed by atoms with E-state index in [0.717, 1.165) is 10.8 Å². The predicted molar refractivity (Wildman–Crippen MR) is 102 cm³/mol. The standard InChI is InChI=1S/C18H16N2O3.2CH3.Sn/c1-11-18(23)15(14(10-21)8-19-11)9-20-16-6-12-4-2-3-5-13(12)7-17(16)22;;;/h2-9,21-23H,10H2,1H3;2*1H3;/q;;;+2/p-2. The van der Waals surface area contributed by atoms with E-state index in [2.05, 4.69) is 19.9 Å². The van der Waals surface area contributed by atoms with Crippen molar-refractivity contribution in [2.45, 2.75) is 23.4 Å². The van der Waals surface area contributed by atoms with Crippen LogP contribution in [0.4, 0.5) is 5.69 Å². The third-order valence-corrected chi connectivity index (χ3v) is 3.66. The first-order valence-electron chi connectivity index (χ1n) is 8.10. The van der Waals surface area contributed by atoms with E-state index in [1.807, 2.05) is 24.3 Å². The van der Waals surface area contributed by atoms with Crippen LogP contribution in [0, 0.1) is 6.92 Å². The molecule has 3 aromatic rings. The molecule has 5 nitrogen and oxygen atoms in total. The maximum absolute atomic E-state index is 12.1. The average Bonchev–Trinajstić information content (AvgIpc) is 2.63. The van der Waals surface area contributed by atoms with Crippen molar-refractivity contribution in [2.75, 3.05) is 0 Å². The Balaban J connectivity index is 0.000000758. The Morgan fingerprint density at radius 2 is 1.77 bits per heavy atom. The number of pyridine rings is 1. The molecule has 0 aliphatic carbocycles. The van der Waals surface area contributed by atoms with E-state index in [0.29, 0.717) is 11.3 Å². The summed E-state index contributed by atoms with van der Waals surface area (Å²) in [4.78, 5) is 12.7. The van der Waals surface area contributed by atoms with Crippen LogP contribution in [0.15, 0.2) is 47.6 Å². The van der Waals surface area contributed by atoms with Gasteiger partial charge in [0.1, 0.15) is 0 Å². The van der Waals surface area contributed by atoms with Crippen molar-refractivity contribution < 1.29 is 15.3 Å². The maximum atomic E-state index is 12.1. The average molecular weight is 455 g/mol. The molecule has 0 bridgehead atoms. The SMILES string of the molecule is Cc1ncc(CO)c(C=Nc2cc3ccccc3cc2[O-])c1[O-].[CH3][Sn+2][CH3]. The first-order chi connectivity index (χ1) is 12.5. The Morgan fingerprint density at radius 1 is 1.15 bits per heavy atom. The summed E-state index contributed by atoms with van der Waals surface area (Å²) in [5.41, 5.74) is 1.22. The number of hydrogen-bond donors (Lipinski definition) is 1. The Bertz CT molecular complexity index is 926. The molecule has 0 saturated heterocycles. The molecule has 2 aromatic carbocycles. The van der Waals surface area contributed by atoms with E-state index >= 15 is 0 Å². The first-order valence-corrected chi connectivity index (χ1v) is 13.8. The van der Waals surface area contributed by atoms with Crippen molar-refractivity contribution in [3.8, 4) is 11.5 Å². The van der Waals surface area contributed by atoms with Crippen LogP contribution in [-0.2, 0) is 6.61 Å². The summed E-state index contributed by atoms with van der Waals surface area (Å²) in [6, 6.07) is 10.7. The quantitative estimate of drug-likeness (QED) is 0.486. The van der Waals surface area contributed by atoms with Crippen LogP contribution in [0.1, 0.15) is 16.8 Å². The predicted octanol–water partition coefficient (Wildman–Crippen LogP) is 2.72. The van der Waals surface area contributed by atoms with Crippen molar-refractivity contribution in [3.63, 3.8) is 0 Å². The van der Waals surface area contributed by atoms with Crippen molar-refractivity contribution in [3.05, 3.63) is 59.4 Å². The molecular formula is C20H20N2O3Sn. The van der Waals surface area contributed by atoms with Crippen LogP contribution in [0.3, 0.4) is 0 Å². The number of aliphatic hydroxyl groups excluding tert-OH is 1. The Labute approximate surface area is 163 Å². The van der Waals surface area contributed by atoms with Gasteiger partial charge >= 0.3 is 31.0 Å². The third kappa shape index (κ3) is 4.74. The van der Waals surface area contributed by atoms with Gasteiger partial charge in [-0.1, -0.05) is 41.8 Å². The number of nitrogens with zero attached hydrogens (tertiary/aromatic N) is 2. The third-order valence-electron chi connectivity index (χ3n) is 3.66. The van der Waals surface area contributed by atoms with Gasteiger partial charge in [-0.05, 0) is 29.3 Å². The van der Waals surface area contributed by atoms with Crippen LogP contribution in [-0.4, -0.2) is 37.4 Å². The number of benzene rings is 2. The Hall–Kier alpha value is -2.12. The summed E-state index contributed by atoms with van der Waals surface area (Å²) < 4.78 is 0. The number of aromatic nitrogens is 1. The van der Waals surface area contributed by atoms with Gasteiger partial charge in [-0.25, -0.2) is 0 Å². The summed E-state index contributed by atoms with van der Waals surface area (Å²) in [7, 11) is 0. The zero-order valence-electron chi connectivity index (χ0n) is 15.0. The summed E-state index contributed by atoms with van der Waals surface area (Å²) in [5, 5.41) is 35.3. The molecule has 0 unspecified atom stereocenters. The molecule has 0 fully saturated rings. The molecule has 1 N–H and O–H groups in total. The summed E-state index contributed by atoms with van der Waals surface area (Å²) in [6.07, 6.45) is 2.77. The van der Waals surface area contributed by atoms with Gasteiger partial charge in [0.05, 0.1) is 12.3 Å². The fraction of sp³-hybridized carbons (Fsp3) is 0.200. The van der Waals surface area contributed by atoms with Gasteiger partial charge in [0, 0.05) is 23.7 Å². The summed E-state index contributed by atoms with van der Waals surface area (Å²) in [6.45, 7) is 1.28. The van der Waals surface area contributed by atoms with E-state index in [4.69, 9.17) is 0 Å². The molecule has 1 heterocycles. The molecule has 0 atom stereocenters. The van der Waals surface area contributed by atoms with E-state index in [1.165, 1.54) is 18.5 Å². The van der Waals surface area contributed by atoms with Crippen LogP contribution >= 0.6 is 0 Å². The molecule has 0 aliphatic heterocycles. The number of rotatable bonds is 3. The van der Waals surface area contributed by atoms with Gasteiger partial charge in [0.15, 0.2) is 0 Å². The zero-order chi connectivity index (χ0) is 19.1. The minimum atomic E-state index is -0.314. The molecule has 0 saturated carbocycles. The monoisotopic (exact) mass is 456 g/mol. The summed E-state index contributed by atoms with van der Waals surface area (Å²) in [5.74, 6) is -0.516. The molecule has 0 radical (unpaired) electrons. The molecule has 0 spiro atoms. The second-order valence-corrected chi connectivity index (χ2v) is 8.55. The Kier molecular flexibility index (Phi) is 7.41. The number of aliphatic imine (C=N–C) groups is 1. The van der Waals surface area contributed by atoms with Gasteiger partial charge < -0.3 is 15.3 Å². The van der Waals surface area contributed by atoms with Gasteiger partial charge in [-0.3, -0.25) is 9.98 Å². The van der Waals surface area contributed by atoms with E-state index in [9.17, 15) is 15.3 Å². The van der Waals surface area contributed by atoms with Crippen molar-refractivity contribution in [1.29, 1.82) is 0 Å². The molecule has 0 aliphatic rings. The number of hydrogen-bond acceptors (Lipinski definition) is 5. The number of aryl methyl sites for hydroxylation is 1. The van der Waals surface area contributed by atoms with Gasteiger partial charge in [-0.15, -0.1) is 0 Å². The molecule has 26 heavy (non-hydrogen) atoms. The van der Waals surface area contributed by atoms with Crippen LogP contribution in [0.2, 0.25) is 9.88 Å². The van der Waals surface area contributed by atoms with Gasteiger partial charge in [-0.2, -0.15) is 0 Å². The minimum absolute atomic E-state index is 0.219. The fourth-order valence-electron chi connectivity index (χ4n) is 2.35. The molecule has 132 valence electrons. The van der Waals surface area contributed by atoms with Crippen molar-refractivity contribution in [1.82, 2.24) is 4.98 Å². The van der Waals surface area contributed by atoms with Crippen LogP contribution in [0.5, 0.6) is 11.5 Å². The molecule has 1 aromatic heterocycles. The van der Waals surface area contributed by atoms with E-state index in [1.54, 1.807) is 13.0 Å². The van der Waals surface area contributed by atoms with E-state index < -0.39 is 0 Å². The number of fused-ring (bicyclic) bond motifs is 1. The zero-order valence-corrected chi connectivity index (χ0v) is 17.8. The molecule has 3 rings (SSSR count). The molecular weight excluding hydrogens is 435 g/mol.